The normalized spacial score (nSPS) is 25.3. The molecule has 6 nitrogen and oxygen atoms in total. The van der Waals surface area contributed by atoms with E-state index in [4.69, 9.17) is 11.2 Å². The second kappa shape index (κ2) is 7.27. The van der Waals surface area contributed by atoms with E-state index in [2.05, 4.69) is 0 Å². The molecule has 9 heteroatoms. The molecule has 1 spiro atoms. The summed E-state index contributed by atoms with van der Waals surface area (Å²) in [6, 6.07) is 12.1. The zero-order valence-corrected chi connectivity index (χ0v) is 20.1. The van der Waals surface area contributed by atoms with Crippen LogP contribution in [0.1, 0.15) is 47.2 Å². The van der Waals surface area contributed by atoms with Crippen LogP contribution in [0.3, 0.4) is 0 Å². The largest absolute Gasteiger partial charge is 0.478 e. The Morgan fingerprint density at radius 2 is 1.75 bits per heavy atom. The number of aryl methyl sites for hydroxylation is 1. The molecular formula is C23H25NO5S3. The van der Waals surface area contributed by atoms with Crippen molar-refractivity contribution in [2.75, 3.05) is 15.8 Å². The average molecular weight is 492 g/mol. The van der Waals surface area contributed by atoms with Crippen LogP contribution in [0, 0.1) is 12.8 Å². The van der Waals surface area contributed by atoms with Gasteiger partial charge in [-0.2, -0.15) is 0 Å². The van der Waals surface area contributed by atoms with Gasteiger partial charge in [-0.25, -0.2) is 17.4 Å². The molecule has 5 rings (SSSR count). The highest BCUT2D eigenvalue weighted by Gasteiger charge is 2.59. The summed E-state index contributed by atoms with van der Waals surface area (Å²) in [7, 11) is -6.24. The molecule has 3 aliphatic rings. The lowest BCUT2D eigenvalue weighted by atomic mass is 9.70. The number of carbonyl (C=O) groups is 1. The van der Waals surface area contributed by atoms with E-state index in [1.807, 2.05) is 23.4 Å². The van der Waals surface area contributed by atoms with Gasteiger partial charge in [0.1, 0.15) is 18.5 Å². The summed E-state index contributed by atoms with van der Waals surface area (Å²) < 4.78 is 40.8. The molecule has 2 aromatic rings. The molecule has 170 valence electrons. The first-order chi connectivity index (χ1) is 15.1. The van der Waals surface area contributed by atoms with Crippen LogP contribution in [-0.4, -0.2) is 41.3 Å². The summed E-state index contributed by atoms with van der Waals surface area (Å²) in [6.45, 7) is 1.96. The first kappa shape index (κ1) is 21.9. The van der Waals surface area contributed by atoms with Crippen molar-refractivity contribution < 1.29 is 22.5 Å². The first-order valence-electron chi connectivity index (χ1n) is 10.7. The van der Waals surface area contributed by atoms with E-state index in [1.54, 1.807) is 24.3 Å². The van der Waals surface area contributed by atoms with E-state index >= 15 is 0 Å². The zero-order valence-electron chi connectivity index (χ0n) is 17.7. The van der Waals surface area contributed by atoms with Gasteiger partial charge < -0.3 is 5.11 Å². The van der Waals surface area contributed by atoms with E-state index < -0.39 is 29.9 Å². The van der Waals surface area contributed by atoms with Crippen LogP contribution in [0.5, 0.6) is 0 Å². The molecule has 2 aliphatic heterocycles. The fourth-order valence-electron chi connectivity index (χ4n) is 5.42. The van der Waals surface area contributed by atoms with Gasteiger partial charge in [-0.05, 0) is 74.4 Å². The minimum atomic E-state index is -3.15. The monoisotopic (exact) mass is 491 g/mol. The van der Waals surface area contributed by atoms with E-state index in [1.165, 1.54) is 6.07 Å². The van der Waals surface area contributed by atoms with Crippen LogP contribution in [-0.2, 0) is 35.1 Å². The Balaban J connectivity index is 1.73. The number of benzene rings is 2. The molecular weight excluding hydrogens is 466 g/mol. The maximum atomic E-state index is 14.3. The summed E-state index contributed by atoms with van der Waals surface area (Å²) in [4.78, 5) is 12.3. The van der Waals surface area contributed by atoms with E-state index in [0.717, 1.165) is 24.0 Å². The van der Waals surface area contributed by atoms with Crippen molar-refractivity contribution in [3.8, 4) is 0 Å². The second-order valence-corrected chi connectivity index (χ2v) is 14.7. The molecule has 2 heterocycles. The Hall–Kier alpha value is -1.97. The van der Waals surface area contributed by atoms with Crippen LogP contribution in [0.25, 0.3) is 0 Å². The van der Waals surface area contributed by atoms with E-state index in [9.17, 15) is 22.5 Å². The number of hydrogen-bond donors (Lipinski definition) is 1. The molecule has 1 saturated heterocycles. The quantitative estimate of drug-likeness (QED) is 0.704. The van der Waals surface area contributed by atoms with E-state index in [0.29, 0.717) is 23.4 Å². The highest BCUT2D eigenvalue weighted by atomic mass is 32.8. The molecule has 1 N–H and O–H groups in total. The van der Waals surface area contributed by atoms with Gasteiger partial charge in [-0.1, -0.05) is 17.7 Å². The number of anilines is 1. The lowest BCUT2D eigenvalue weighted by Crippen LogP contribution is -2.51. The summed E-state index contributed by atoms with van der Waals surface area (Å²) in [5.74, 6) is -0.690. The zero-order chi connectivity index (χ0) is 22.9. The van der Waals surface area contributed by atoms with Gasteiger partial charge in [0.25, 0.3) is 0 Å². The molecule has 32 heavy (non-hydrogen) atoms. The molecule has 0 bridgehead atoms. The molecule has 2 unspecified atom stereocenters. The summed E-state index contributed by atoms with van der Waals surface area (Å²) in [5, 5.41) is 9.62. The van der Waals surface area contributed by atoms with Gasteiger partial charge in [-0.3, -0.25) is 4.31 Å². The van der Waals surface area contributed by atoms with Gasteiger partial charge in [-0.15, -0.1) is 0 Å². The maximum absolute atomic E-state index is 14.3. The van der Waals surface area contributed by atoms with Gasteiger partial charge in [0.15, 0.2) is 0 Å². The maximum Gasteiger partial charge on any atom is 0.335 e. The van der Waals surface area contributed by atoms with Gasteiger partial charge >= 0.3 is 5.97 Å². The van der Waals surface area contributed by atoms with Gasteiger partial charge in [0.2, 0.25) is 0 Å². The summed E-state index contributed by atoms with van der Waals surface area (Å²) in [6.07, 6.45) is 2.71. The van der Waals surface area contributed by atoms with Crippen LogP contribution in [0.2, 0.25) is 0 Å². The third-order valence-corrected chi connectivity index (χ3v) is 11.7. The number of fused-ring (bicyclic) bond motifs is 2. The van der Waals surface area contributed by atoms with Crippen molar-refractivity contribution in [3.63, 3.8) is 0 Å². The predicted octanol–water partition coefficient (Wildman–Crippen LogP) is 3.46. The minimum absolute atomic E-state index is 0.0456. The fourth-order valence-corrected chi connectivity index (χ4v) is 9.62. The minimum Gasteiger partial charge on any atom is -0.478 e. The van der Waals surface area contributed by atoms with Crippen LogP contribution < -0.4 is 4.31 Å². The predicted molar refractivity (Wildman–Crippen MR) is 127 cm³/mol. The van der Waals surface area contributed by atoms with Crippen LogP contribution in [0.15, 0.2) is 47.4 Å². The number of rotatable bonds is 4. The molecule has 2 atom stereocenters. The van der Waals surface area contributed by atoms with Gasteiger partial charge in [0.05, 0.1) is 33.7 Å². The number of aromatic carboxylic acids is 1. The molecule has 2 fully saturated rings. The van der Waals surface area contributed by atoms with Crippen molar-refractivity contribution in [1.29, 1.82) is 0 Å². The summed E-state index contributed by atoms with van der Waals surface area (Å²) >= 11 is 5.81. The number of sulfone groups is 1. The number of carboxylic acids is 1. The fraction of sp³-hybridized carbons (Fsp3) is 0.435. The molecule has 1 saturated carbocycles. The SMILES string of the molecule is Cc1ccc(S(=O)(=S)N2c3ccc(C(=O)O)cc3C3(CCS(=O)(=O)CC3)C2C2CC2)cc1. The van der Waals surface area contributed by atoms with E-state index in [-0.39, 0.29) is 29.0 Å². The number of nitrogens with zero attached hydrogens (tertiary/aromatic N) is 1. The first-order valence-corrected chi connectivity index (χ1v) is 15.0. The molecule has 1 aliphatic carbocycles. The highest BCUT2D eigenvalue weighted by Crippen LogP contribution is 2.59. The Kier molecular flexibility index (Phi) is 4.96. The highest BCUT2D eigenvalue weighted by molar-refractivity contribution is 8.33. The van der Waals surface area contributed by atoms with Crippen molar-refractivity contribution in [3.05, 3.63) is 59.2 Å². The topological polar surface area (TPSA) is 91.8 Å². The van der Waals surface area contributed by atoms with Crippen LogP contribution in [0.4, 0.5) is 5.69 Å². The van der Waals surface area contributed by atoms with Crippen molar-refractivity contribution in [2.45, 2.75) is 49.0 Å². The lowest BCUT2D eigenvalue weighted by molar-refractivity contribution is 0.0696. The molecule has 0 radical (unpaired) electrons. The van der Waals surface area contributed by atoms with Crippen molar-refractivity contribution in [1.82, 2.24) is 0 Å². The smallest absolute Gasteiger partial charge is 0.335 e. The Morgan fingerprint density at radius 3 is 2.31 bits per heavy atom. The van der Waals surface area contributed by atoms with Crippen molar-refractivity contribution >= 4 is 41.4 Å². The third-order valence-electron chi connectivity index (χ3n) is 7.20. The van der Waals surface area contributed by atoms with Gasteiger partial charge in [0, 0.05) is 16.6 Å². The van der Waals surface area contributed by atoms with Crippen molar-refractivity contribution in [2.24, 2.45) is 5.92 Å². The Bertz CT molecular complexity index is 1300. The molecule has 2 aromatic carbocycles. The standard InChI is InChI=1S/C23H25NO5S3/c1-15-2-7-18(8-3-15)32(29,30)24-20-9-6-17(22(25)26)14-19(20)23(21(24)16-4-5-16)10-12-31(27,28)13-11-23/h2-3,6-9,14,16,21H,4-5,10-13H2,1H3,(H,25,26). The Morgan fingerprint density at radius 1 is 1.12 bits per heavy atom. The second-order valence-electron chi connectivity index (χ2n) is 9.24. The number of carboxylic acid groups (broad SMARTS) is 1. The molecule has 0 amide bonds. The average Bonchev–Trinajstić information content (AvgIpc) is 3.53. The molecule has 0 aromatic heterocycles. The Labute approximate surface area is 193 Å². The summed E-state index contributed by atoms with van der Waals surface area (Å²) in [5.41, 5.74) is 2.10. The lowest BCUT2D eigenvalue weighted by Gasteiger charge is -2.42. The number of hydrogen-bond acceptors (Lipinski definition) is 5. The van der Waals surface area contributed by atoms with Crippen LogP contribution >= 0.6 is 0 Å². The third kappa shape index (κ3) is 3.36.